The molecule has 0 spiro atoms. The van der Waals surface area contributed by atoms with Crippen LogP contribution in [0.3, 0.4) is 0 Å². The van der Waals surface area contributed by atoms with E-state index >= 15 is 0 Å². The Morgan fingerprint density at radius 2 is 1.48 bits per heavy atom. The number of rotatable bonds is 12. The van der Waals surface area contributed by atoms with Gasteiger partial charge in [-0.1, -0.05) is 93.8 Å². The van der Waals surface area contributed by atoms with Gasteiger partial charge in [0.2, 0.25) is 11.8 Å². The molecule has 0 aliphatic carbocycles. The first-order valence-electron chi connectivity index (χ1n) is 14.2. The van der Waals surface area contributed by atoms with Crippen LogP contribution >= 0.6 is 27.5 Å². The highest BCUT2D eigenvalue weighted by atomic mass is 79.9. The molecule has 0 unspecified atom stereocenters. The van der Waals surface area contributed by atoms with Crippen molar-refractivity contribution in [3.63, 3.8) is 0 Å². The third-order valence-corrected chi connectivity index (χ3v) is 9.69. The van der Waals surface area contributed by atoms with Crippen LogP contribution in [-0.4, -0.2) is 43.8 Å². The lowest BCUT2D eigenvalue weighted by atomic mass is 10.0. The van der Waals surface area contributed by atoms with E-state index < -0.39 is 28.5 Å². The zero-order valence-corrected chi connectivity index (χ0v) is 27.9. The van der Waals surface area contributed by atoms with E-state index in [9.17, 15) is 18.0 Å². The predicted molar refractivity (Wildman–Crippen MR) is 179 cm³/mol. The number of hydrogen-bond acceptors (Lipinski definition) is 4. The zero-order valence-electron chi connectivity index (χ0n) is 24.8. The van der Waals surface area contributed by atoms with Gasteiger partial charge in [0.1, 0.15) is 12.6 Å². The predicted octanol–water partition coefficient (Wildman–Crippen LogP) is 6.77. The number of nitrogens with zero attached hydrogens (tertiary/aromatic N) is 2. The number of amides is 2. The van der Waals surface area contributed by atoms with Crippen molar-refractivity contribution in [1.82, 2.24) is 10.2 Å². The van der Waals surface area contributed by atoms with Crippen molar-refractivity contribution >= 4 is 55.1 Å². The van der Waals surface area contributed by atoms with Gasteiger partial charge in [-0.2, -0.15) is 0 Å². The van der Waals surface area contributed by atoms with Crippen molar-refractivity contribution in [1.29, 1.82) is 0 Å². The van der Waals surface area contributed by atoms with Crippen LogP contribution in [0.1, 0.15) is 30.5 Å². The Hall–Kier alpha value is -3.66. The van der Waals surface area contributed by atoms with E-state index in [4.69, 9.17) is 11.6 Å². The monoisotopic (exact) mass is 695 g/mol. The minimum atomic E-state index is -4.17. The molecule has 4 aromatic rings. The molecule has 44 heavy (non-hydrogen) atoms. The van der Waals surface area contributed by atoms with Gasteiger partial charge in [-0.3, -0.25) is 13.9 Å². The number of carbonyl (C=O) groups is 2. The van der Waals surface area contributed by atoms with Gasteiger partial charge < -0.3 is 10.2 Å². The molecule has 7 nitrogen and oxygen atoms in total. The van der Waals surface area contributed by atoms with Gasteiger partial charge >= 0.3 is 0 Å². The van der Waals surface area contributed by atoms with E-state index in [0.29, 0.717) is 16.3 Å². The molecule has 10 heteroatoms. The highest BCUT2D eigenvalue weighted by Gasteiger charge is 2.35. The van der Waals surface area contributed by atoms with Crippen LogP contribution in [0, 0.1) is 6.92 Å². The van der Waals surface area contributed by atoms with E-state index in [1.807, 2.05) is 51.1 Å². The maximum atomic E-state index is 14.5. The molecule has 0 aliphatic rings. The SMILES string of the molecule is Cc1ccc(S(=O)(=O)N(CC(=O)N(Cc2ccccc2Cl)[C@H](Cc2ccccc2)C(=O)NC(C)C)c2ccc(Br)cc2)cc1. The molecule has 1 atom stereocenters. The standard InChI is InChI=1S/C34H35BrClN3O4S/c1-24(2)37-34(41)32(21-26-9-5-4-6-10-26)38(22-27-11-7-8-12-31(27)36)33(40)23-39(29-17-15-28(35)16-18-29)44(42,43)30-19-13-25(3)14-20-30/h4-20,24,32H,21-23H2,1-3H3,(H,37,41)/t32-/m1/s1. The molecular formula is C34H35BrClN3O4S. The van der Waals surface area contributed by atoms with Crippen molar-refractivity contribution < 1.29 is 18.0 Å². The first kappa shape index (κ1) is 33.2. The number of benzene rings is 4. The molecule has 0 saturated carbocycles. The molecular weight excluding hydrogens is 662 g/mol. The average molecular weight is 697 g/mol. The van der Waals surface area contributed by atoms with E-state index in [0.717, 1.165) is 19.9 Å². The van der Waals surface area contributed by atoms with Gasteiger partial charge in [-0.05, 0) is 74.4 Å². The number of sulfonamides is 1. The fourth-order valence-corrected chi connectivity index (χ4v) is 6.59. The lowest BCUT2D eigenvalue weighted by Crippen LogP contribution is -2.54. The zero-order chi connectivity index (χ0) is 31.9. The lowest BCUT2D eigenvalue weighted by Gasteiger charge is -2.34. The molecule has 0 radical (unpaired) electrons. The summed E-state index contributed by atoms with van der Waals surface area (Å²) in [6.07, 6.45) is 0.221. The summed E-state index contributed by atoms with van der Waals surface area (Å²) in [6.45, 7) is 5.03. The molecule has 0 heterocycles. The van der Waals surface area contributed by atoms with Gasteiger partial charge in [0, 0.05) is 28.5 Å². The summed E-state index contributed by atoms with van der Waals surface area (Å²) in [7, 11) is -4.17. The average Bonchev–Trinajstić information content (AvgIpc) is 2.99. The number of anilines is 1. The van der Waals surface area contributed by atoms with Crippen LogP contribution in [-0.2, 0) is 32.6 Å². The minimum Gasteiger partial charge on any atom is -0.352 e. The molecule has 2 amide bonds. The second kappa shape index (κ2) is 14.9. The largest absolute Gasteiger partial charge is 0.352 e. The number of halogens is 2. The Labute approximate surface area is 273 Å². The topological polar surface area (TPSA) is 86.8 Å². The molecule has 230 valence electrons. The van der Waals surface area contributed by atoms with E-state index in [1.165, 1.54) is 17.0 Å². The summed E-state index contributed by atoms with van der Waals surface area (Å²) in [4.78, 5) is 29.7. The number of hydrogen-bond donors (Lipinski definition) is 1. The summed E-state index contributed by atoms with van der Waals surface area (Å²) >= 11 is 9.94. The van der Waals surface area contributed by atoms with Crippen molar-refractivity contribution in [2.45, 2.75) is 50.7 Å². The second-order valence-electron chi connectivity index (χ2n) is 10.8. The Morgan fingerprint density at radius 1 is 0.864 bits per heavy atom. The van der Waals surface area contributed by atoms with E-state index in [2.05, 4.69) is 21.2 Å². The Kier molecular flexibility index (Phi) is 11.2. The maximum Gasteiger partial charge on any atom is 0.264 e. The Balaban J connectivity index is 1.81. The van der Waals surface area contributed by atoms with E-state index in [1.54, 1.807) is 60.7 Å². The molecule has 4 aromatic carbocycles. The summed E-state index contributed by atoms with van der Waals surface area (Å²) in [5.74, 6) is -0.899. The summed E-state index contributed by atoms with van der Waals surface area (Å²) in [5, 5.41) is 3.38. The van der Waals surface area contributed by atoms with Crippen molar-refractivity contribution in [2.75, 3.05) is 10.8 Å². The molecule has 0 aliphatic heterocycles. The maximum absolute atomic E-state index is 14.5. The fraction of sp³-hybridized carbons (Fsp3) is 0.235. The van der Waals surface area contributed by atoms with Gasteiger partial charge in [0.25, 0.3) is 10.0 Å². The van der Waals surface area contributed by atoms with Crippen LogP contribution in [0.25, 0.3) is 0 Å². The van der Waals surface area contributed by atoms with E-state index in [-0.39, 0.29) is 29.8 Å². The minimum absolute atomic E-state index is 0.000277. The third kappa shape index (κ3) is 8.49. The van der Waals surface area contributed by atoms with Crippen LogP contribution in [0.15, 0.2) is 112 Å². The fourth-order valence-electron chi connectivity index (χ4n) is 4.72. The quantitative estimate of drug-likeness (QED) is 0.177. The smallest absolute Gasteiger partial charge is 0.264 e. The van der Waals surface area contributed by atoms with Gasteiger partial charge in [-0.25, -0.2) is 8.42 Å². The molecule has 1 N–H and O–H groups in total. The van der Waals surface area contributed by atoms with Crippen molar-refractivity contribution in [3.8, 4) is 0 Å². The summed E-state index contributed by atoms with van der Waals surface area (Å²) in [5.41, 5.74) is 2.70. The molecule has 0 aromatic heterocycles. The van der Waals surface area contributed by atoms with Crippen LogP contribution in [0.4, 0.5) is 5.69 Å². The van der Waals surface area contributed by atoms with Gasteiger partial charge in [-0.15, -0.1) is 0 Å². The summed E-state index contributed by atoms with van der Waals surface area (Å²) in [6, 6.07) is 28.6. The number of nitrogens with one attached hydrogen (secondary N) is 1. The normalized spacial score (nSPS) is 12.0. The Morgan fingerprint density at radius 3 is 2.09 bits per heavy atom. The Bertz CT molecular complexity index is 1680. The second-order valence-corrected chi connectivity index (χ2v) is 14.0. The number of aryl methyl sites for hydroxylation is 1. The highest BCUT2D eigenvalue weighted by Crippen LogP contribution is 2.27. The summed E-state index contributed by atoms with van der Waals surface area (Å²) < 4.78 is 30.0. The number of carbonyl (C=O) groups excluding carboxylic acids is 2. The highest BCUT2D eigenvalue weighted by molar-refractivity contribution is 9.10. The molecule has 4 rings (SSSR count). The first-order valence-corrected chi connectivity index (χ1v) is 16.8. The first-order chi connectivity index (χ1) is 21.0. The lowest BCUT2D eigenvalue weighted by molar-refractivity contribution is -0.140. The van der Waals surface area contributed by atoms with Crippen LogP contribution < -0.4 is 9.62 Å². The van der Waals surface area contributed by atoms with Crippen LogP contribution in [0.2, 0.25) is 5.02 Å². The third-order valence-electron chi connectivity index (χ3n) is 7.00. The van der Waals surface area contributed by atoms with Crippen molar-refractivity contribution in [2.24, 2.45) is 0 Å². The van der Waals surface area contributed by atoms with Crippen LogP contribution in [0.5, 0.6) is 0 Å². The molecule has 0 saturated heterocycles. The van der Waals surface area contributed by atoms with Gasteiger partial charge in [0.05, 0.1) is 10.6 Å². The van der Waals surface area contributed by atoms with Gasteiger partial charge in [0.15, 0.2) is 0 Å². The van der Waals surface area contributed by atoms with Crippen molar-refractivity contribution in [3.05, 3.63) is 129 Å². The molecule has 0 fully saturated rings. The molecule has 0 bridgehead atoms.